The van der Waals surface area contributed by atoms with E-state index in [1.807, 2.05) is 24.3 Å². The van der Waals surface area contributed by atoms with E-state index >= 15 is 0 Å². The van der Waals surface area contributed by atoms with Crippen LogP contribution >= 0.6 is 11.6 Å². The molecule has 8 nitrogen and oxygen atoms in total. The number of amides is 2. The van der Waals surface area contributed by atoms with E-state index < -0.39 is 21.8 Å². The van der Waals surface area contributed by atoms with Crippen molar-refractivity contribution in [3.05, 3.63) is 53.1 Å². The quantitative estimate of drug-likeness (QED) is 0.730. The number of primary amides is 1. The number of carbonyl (C=O) groups excluding carboxylic acids is 2. The Balaban J connectivity index is 1.43. The Hall–Kier alpha value is -2.91. The summed E-state index contributed by atoms with van der Waals surface area (Å²) in [6, 6.07) is 12.4. The first-order chi connectivity index (χ1) is 14.6. The van der Waals surface area contributed by atoms with E-state index in [0.29, 0.717) is 23.7 Å². The standard InChI is InChI=1S/C21H20ClN3O5S/c1-31(28,29)19-8-15(22)6-7-16(19)13-4-2-12(3-5-13)14-10-25(11-14)21(27)17-9-18(20(23)26)30-24-17/h2-8,14,18H,9-11H2,1H3,(H2,23,26)/t18-/m0/s1. The summed E-state index contributed by atoms with van der Waals surface area (Å²) in [6.07, 6.45) is 0.364. The first-order valence-electron chi connectivity index (χ1n) is 9.54. The highest BCUT2D eigenvalue weighted by Gasteiger charge is 2.38. The van der Waals surface area contributed by atoms with Crippen LogP contribution in [-0.2, 0) is 24.3 Å². The summed E-state index contributed by atoms with van der Waals surface area (Å²) in [7, 11) is -3.44. The van der Waals surface area contributed by atoms with Crippen molar-refractivity contribution in [1.29, 1.82) is 0 Å². The third kappa shape index (κ3) is 4.28. The highest BCUT2D eigenvalue weighted by molar-refractivity contribution is 7.90. The first kappa shape index (κ1) is 21.3. The molecule has 2 N–H and O–H groups in total. The number of carbonyl (C=O) groups is 2. The van der Waals surface area contributed by atoms with Crippen molar-refractivity contribution in [3.8, 4) is 11.1 Å². The number of nitrogens with two attached hydrogens (primary N) is 1. The van der Waals surface area contributed by atoms with Crippen LogP contribution in [0.1, 0.15) is 17.9 Å². The van der Waals surface area contributed by atoms with Crippen molar-refractivity contribution in [1.82, 2.24) is 4.90 Å². The zero-order valence-electron chi connectivity index (χ0n) is 16.6. The van der Waals surface area contributed by atoms with Crippen LogP contribution in [0.5, 0.6) is 0 Å². The van der Waals surface area contributed by atoms with Crippen molar-refractivity contribution in [2.75, 3.05) is 19.3 Å². The number of nitrogens with zero attached hydrogens (tertiary/aromatic N) is 2. The predicted molar refractivity (Wildman–Crippen MR) is 115 cm³/mol. The van der Waals surface area contributed by atoms with Crippen LogP contribution in [0.15, 0.2) is 52.5 Å². The summed E-state index contributed by atoms with van der Waals surface area (Å²) in [5, 5.41) is 4.05. The zero-order valence-corrected chi connectivity index (χ0v) is 18.2. The number of hydrogen-bond donors (Lipinski definition) is 1. The Kier molecular flexibility index (Phi) is 5.49. The number of hydrogen-bond acceptors (Lipinski definition) is 6. The number of benzene rings is 2. The van der Waals surface area contributed by atoms with Gasteiger partial charge in [0, 0.05) is 42.3 Å². The molecule has 0 radical (unpaired) electrons. The average molecular weight is 462 g/mol. The Labute approximate surface area is 184 Å². The third-order valence-electron chi connectivity index (χ3n) is 5.44. The van der Waals surface area contributed by atoms with Gasteiger partial charge in [0.15, 0.2) is 9.84 Å². The van der Waals surface area contributed by atoms with Gasteiger partial charge in [-0.3, -0.25) is 9.59 Å². The fourth-order valence-corrected chi connectivity index (χ4v) is 4.83. The number of oxime groups is 1. The maximum atomic E-state index is 12.5. The van der Waals surface area contributed by atoms with Crippen molar-refractivity contribution in [2.45, 2.75) is 23.3 Å². The summed E-state index contributed by atoms with van der Waals surface area (Å²) in [6.45, 7) is 1.04. The van der Waals surface area contributed by atoms with Crippen molar-refractivity contribution in [3.63, 3.8) is 0 Å². The SMILES string of the molecule is CS(=O)(=O)c1cc(Cl)ccc1-c1ccc(C2CN(C(=O)C3=NO[C@H](C(N)=O)C3)C2)cc1. The van der Waals surface area contributed by atoms with Crippen LogP contribution in [0.25, 0.3) is 11.1 Å². The van der Waals surface area contributed by atoms with E-state index in [0.717, 1.165) is 17.4 Å². The molecule has 1 atom stereocenters. The summed E-state index contributed by atoms with van der Waals surface area (Å²) in [5.74, 6) is -0.740. The molecule has 2 aliphatic heterocycles. The van der Waals surface area contributed by atoms with Gasteiger partial charge in [-0.15, -0.1) is 0 Å². The molecule has 1 saturated heterocycles. The van der Waals surface area contributed by atoms with Gasteiger partial charge in [0.25, 0.3) is 11.8 Å². The highest BCUT2D eigenvalue weighted by Crippen LogP contribution is 2.33. The van der Waals surface area contributed by atoms with Gasteiger partial charge in [-0.05, 0) is 23.3 Å². The molecule has 2 aromatic rings. The molecule has 0 unspecified atom stereocenters. The van der Waals surface area contributed by atoms with E-state index in [4.69, 9.17) is 22.2 Å². The molecule has 2 aromatic carbocycles. The minimum Gasteiger partial charge on any atom is -0.382 e. The molecule has 0 aromatic heterocycles. The van der Waals surface area contributed by atoms with Crippen LogP contribution in [0.3, 0.4) is 0 Å². The van der Waals surface area contributed by atoms with Gasteiger partial charge in [0.2, 0.25) is 6.10 Å². The van der Waals surface area contributed by atoms with Gasteiger partial charge in [0.1, 0.15) is 5.71 Å². The van der Waals surface area contributed by atoms with Crippen LogP contribution < -0.4 is 5.73 Å². The number of rotatable bonds is 5. The molecule has 2 aliphatic rings. The Morgan fingerprint density at radius 1 is 1.16 bits per heavy atom. The summed E-state index contributed by atoms with van der Waals surface area (Å²) >= 11 is 5.98. The molecule has 0 aliphatic carbocycles. The molecule has 2 amide bonds. The number of halogens is 1. The first-order valence-corrected chi connectivity index (χ1v) is 11.8. The second kappa shape index (κ2) is 7.97. The molecule has 31 heavy (non-hydrogen) atoms. The maximum Gasteiger partial charge on any atom is 0.271 e. The second-order valence-electron chi connectivity index (χ2n) is 7.68. The molecule has 4 rings (SSSR count). The molecule has 0 spiro atoms. The van der Waals surface area contributed by atoms with Gasteiger partial charge >= 0.3 is 0 Å². The van der Waals surface area contributed by atoms with Crippen LogP contribution in [0, 0.1) is 0 Å². The Bertz CT molecular complexity index is 1190. The van der Waals surface area contributed by atoms with Gasteiger partial charge in [-0.1, -0.05) is 47.1 Å². The van der Waals surface area contributed by atoms with Gasteiger partial charge in [0.05, 0.1) is 4.90 Å². The molecule has 0 saturated carbocycles. The van der Waals surface area contributed by atoms with Crippen LogP contribution in [0.2, 0.25) is 5.02 Å². The van der Waals surface area contributed by atoms with E-state index in [-0.39, 0.29) is 28.9 Å². The summed E-state index contributed by atoms with van der Waals surface area (Å²) in [4.78, 5) is 30.3. The Morgan fingerprint density at radius 3 is 2.42 bits per heavy atom. The topological polar surface area (TPSA) is 119 Å². The molecular weight excluding hydrogens is 442 g/mol. The van der Waals surface area contributed by atoms with E-state index in [9.17, 15) is 18.0 Å². The third-order valence-corrected chi connectivity index (χ3v) is 6.81. The lowest BCUT2D eigenvalue weighted by atomic mass is 9.89. The van der Waals surface area contributed by atoms with Crippen LogP contribution in [0.4, 0.5) is 0 Å². The van der Waals surface area contributed by atoms with Crippen molar-refractivity contribution < 1.29 is 22.8 Å². The normalized spacial score (nSPS) is 18.8. The van der Waals surface area contributed by atoms with E-state index in [1.165, 1.54) is 6.07 Å². The molecule has 0 bridgehead atoms. The largest absolute Gasteiger partial charge is 0.382 e. The fourth-order valence-electron chi connectivity index (χ4n) is 3.67. The smallest absolute Gasteiger partial charge is 0.271 e. The zero-order chi connectivity index (χ0) is 22.3. The highest BCUT2D eigenvalue weighted by atomic mass is 35.5. The lowest BCUT2D eigenvalue weighted by Crippen LogP contribution is -2.51. The van der Waals surface area contributed by atoms with E-state index in [2.05, 4.69) is 5.16 Å². The Morgan fingerprint density at radius 2 is 1.84 bits per heavy atom. The number of sulfone groups is 1. The molecular formula is C21H20ClN3O5S. The minimum atomic E-state index is -3.44. The minimum absolute atomic E-state index is 0.0911. The van der Waals surface area contributed by atoms with Gasteiger partial charge < -0.3 is 15.5 Å². The summed E-state index contributed by atoms with van der Waals surface area (Å²) < 4.78 is 24.3. The lowest BCUT2D eigenvalue weighted by Gasteiger charge is -2.39. The summed E-state index contributed by atoms with van der Waals surface area (Å²) in [5.41, 5.74) is 7.78. The van der Waals surface area contributed by atoms with Gasteiger partial charge in [-0.2, -0.15) is 0 Å². The van der Waals surface area contributed by atoms with Crippen molar-refractivity contribution >= 4 is 39.0 Å². The number of likely N-dealkylation sites (tertiary alicyclic amines) is 1. The molecule has 1 fully saturated rings. The van der Waals surface area contributed by atoms with Crippen molar-refractivity contribution in [2.24, 2.45) is 10.9 Å². The van der Waals surface area contributed by atoms with Crippen LogP contribution in [-0.4, -0.2) is 56.3 Å². The second-order valence-corrected chi connectivity index (χ2v) is 10.1. The average Bonchev–Trinajstić information content (AvgIpc) is 3.17. The predicted octanol–water partition coefficient (Wildman–Crippen LogP) is 1.97. The molecule has 162 valence electrons. The molecule has 2 heterocycles. The van der Waals surface area contributed by atoms with Gasteiger partial charge in [-0.25, -0.2) is 8.42 Å². The fraction of sp³-hybridized carbons (Fsp3) is 0.286. The van der Waals surface area contributed by atoms with E-state index in [1.54, 1.807) is 17.0 Å². The monoisotopic (exact) mass is 461 g/mol. The molecule has 10 heteroatoms. The lowest BCUT2D eigenvalue weighted by molar-refractivity contribution is -0.128. The maximum absolute atomic E-state index is 12.5.